The number of aliphatic carboxylic acids is 1. The van der Waals surface area contributed by atoms with Crippen LogP contribution >= 0.6 is 0 Å². The van der Waals surface area contributed by atoms with Crippen LogP contribution in [0.2, 0.25) is 0 Å². The number of ether oxygens (including phenoxy) is 3. The van der Waals surface area contributed by atoms with E-state index in [1.54, 1.807) is 21.1 Å². The third-order valence-corrected chi connectivity index (χ3v) is 8.63. The largest absolute Gasteiger partial charge is 0.544 e. The van der Waals surface area contributed by atoms with E-state index < -0.39 is 18.1 Å². The van der Waals surface area contributed by atoms with Gasteiger partial charge < -0.3 is 28.6 Å². The fourth-order valence-electron chi connectivity index (χ4n) is 5.60. The maximum Gasteiger partial charge on any atom is 0.306 e. The van der Waals surface area contributed by atoms with Gasteiger partial charge in [0.05, 0.1) is 40.3 Å². The highest BCUT2D eigenvalue weighted by atomic mass is 16.6. The number of carboxylic acids is 1. The number of carbonyl (C=O) groups excluding carboxylic acids is 3. The van der Waals surface area contributed by atoms with Gasteiger partial charge in [0.2, 0.25) is 0 Å². The Kier molecular flexibility index (Phi) is 30.1. The average Bonchev–Trinajstić information content (AvgIpc) is 3.01. The van der Waals surface area contributed by atoms with Crippen LogP contribution in [0, 0.1) is 0 Å². The van der Waals surface area contributed by atoms with Gasteiger partial charge in [0.15, 0.2) is 6.10 Å². The summed E-state index contributed by atoms with van der Waals surface area (Å²) in [5.74, 6) is -1.74. The van der Waals surface area contributed by atoms with Crippen molar-refractivity contribution in [2.24, 2.45) is 0 Å². The molecule has 47 heavy (non-hydrogen) atoms. The molecule has 0 heterocycles. The van der Waals surface area contributed by atoms with Crippen LogP contribution in [0.3, 0.4) is 0 Å². The van der Waals surface area contributed by atoms with E-state index in [0.29, 0.717) is 12.8 Å². The SMILES string of the molecule is CCC/C=C\CCCCCCCC(=O)OC(COCCC(C(=O)[O-])[N+](C)(C)C)COC(=O)CCCCCCCCCCCCCCC. The molecule has 0 saturated carbocycles. The van der Waals surface area contributed by atoms with Crippen molar-refractivity contribution in [1.29, 1.82) is 0 Å². The molecule has 0 spiro atoms. The van der Waals surface area contributed by atoms with Crippen molar-refractivity contribution in [3.8, 4) is 0 Å². The minimum absolute atomic E-state index is 0.0419. The maximum atomic E-state index is 12.6. The Morgan fingerprint density at radius 2 is 1.11 bits per heavy atom. The molecular weight excluding hydrogens is 594 g/mol. The molecule has 0 aromatic rings. The molecule has 0 aliphatic heterocycles. The lowest BCUT2D eigenvalue weighted by Crippen LogP contribution is -2.55. The van der Waals surface area contributed by atoms with Gasteiger partial charge in [0, 0.05) is 19.3 Å². The van der Waals surface area contributed by atoms with E-state index in [0.717, 1.165) is 57.8 Å². The molecule has 0 aliphatic rings. The Morgan fingerprint density at radius 1 is 0.617 bits per heavy atom. The van der Waals surface area contributed by atoms with Crippen molar-refractivity contribution in [3.63, 3.8) is 0 Å². The Balaban J connectivity index is 4.39. The number of hydrogen-bond acceptors (Lipinski definition) is 7. The molecule has 276 valence electrons. The normalized spacial score (nSPS) is 13.1. The fraction of sp³-hybridized carbons (Fsp3) is 0.872. The van der Waals surface area contributed by atoms with E-state index in [-0.39, 0.29) is 42.7 Å². The Hall–Kier alpha value is -1.93. The number of allylic oxidation sites excluding steroid dienone is 2. The van der Waals surface area contributed by atoms with Gasteiger partial charge in [-0.2, -0.15) is 0 Å². The smallest absolute Gasteiger partial charge is 0.306 e. The summed E-state index contributed by atoms with van der Waals surface area (Å²) < 4.78 is 17.1. The molecule has 0 radical (unpaired) electrons. The van der Waals surface area contributed by atoms with E-state index in [1.165, 1.54) is 77.0 Å². The summed E-state index contributed by atoms with van der Waals surface area (Å²) in [7, 11) is 5.39. The number of carboxylic acid groups (broad SMARTS) is 1. The molecule has 0 amide bonds. The number of hydrogen-bond donors (Lipinski definition) is 0. The second kappa shape index (κ2) is 31.3. The predicted octanol–water partition coefficient (Wildman–Crippen LogP) is 8.24. The molecule has 2 atom stereocenters. The quantitative estimate of drug-likeness (QED) is 0.0295. The first-order chi connectivity index (χ1) is 22.6. The van der Waals surface area contributed by atoms with Gasteiger partial charge in [-0.3, -0.25) is 9.59 Å². The third-order valence-electron chi connectivity index (χ3n) is 8.63. The predicted molar refractivity (Wildman–Crippen MR) is 190 cm³/mol. The summed E-state index contributed by atoms with van der Waals surface area (Å²) in [6, 6.07) is -0.721. The van der Waals surface area contributed by atoms with Crippen molar-refractivity contribution >= 4 is 17.9 Å². The molecule has 0 aromatic heterocycles. The van der Waals surface area contributed by atoms with E-state index in [4.69, 9.17) is 14.2 Å². The number of unbranched alkanes of at least 4 members (excludes halogenated alkanes) is 18. The minimum atomic E-state index is -1.13. The van der Waals surface area contributed by atoms with Gasteiger partial charge in [-0.15, -0.1) is 0 Å². The second-order valence-electron chi connectivity index (χ2n) is 14.2. The number of nitrogens with zero attached hydrogens (tertiary/aromatic N) is 1. The maximum absolute atomic E-state index is 12.6. The highest BCUT2D eigenvalue weighted by Gasteiger charge is 2.25. The monoisotopic (exact) mass is 668 g/mol. The first-order valence-corrected chi connectivity index (χ1v) is 19.2. The van der Waals surface area contributed by atoms with Crippen LogP contribution in [-0.2, 0) is 28.6 Å². The third kappa shape index (κ3) is 29.9. The zero-order valence-electron chi connectivity index (χ0n) is 31.2. The van der Waals surface area contributed by atoms with Gasteiger partial charge in [-0.05, 0) is 32.1 Å². The molecule has 0 fully saturated rings. The number of quaternary nitrogens is 1. The van der Waals surface area contributed by atoms with Gasteiger partial charge in [0.1, 0.15) is 12.6 Å². The minimum Gasteiger partial charge on any atom is -0.544 e. The lowest BCUT2D eigenvalue weighted by Gasteiger charge is -2.34. The van der Waals surface area contributed by atoms with Gasteiger partial charge in [0.25, 0.3) is 0 Å². The van der Waals surface area contributed by atoms with Crippen LogP contribution in [0.5, 0.6) is 0 Å². The van der Waals surface area contributed by atoms with Crippen LogP contribution in [-0.4, -0.2) is 75.5 Å². The molecule has 0 rings (SSSR count). The van der Waals surface area contributed by atoms with Crippen LogP contribution < -0.4 is 5.11 Å². The summed E-state index contributed by atoms with van der Waals surface area (Å²) in [5.41, 5.74) is 0. The fourth-order valence-corrected chi connectivity index (χ4v) is 5.60. The van der Waals surface area contributed by atoms with Crippen molar-refractivity contribution < 1.29 is 38.2 Å². The lowest BCUT2D eigenvalue weighted by atomic mass is 10.0. The standard InChI is InChI=1S/C39H73NO7/c1-6-8-10-12-14-16-18-19-20-22-23-25-27-29-37(41)46-34-35(33-45-32-31-36(39(43)44)40(3,4)5)47-38(42)30-28-26-24-21-17-15-13-11-9-7-2/h11,13,35-36H,6-10,12,14-34H2,1-5H3/b13-11-. The summed E-state index contributed by atoms with van der Waals surface area (Å²) in [6.07, 6.45) is 29.5. The highest BCUT2D eigenvalue weighted by Crippen LogP contribution is 2.14. The molecule has 8 heteroatoms. The van der Waals surface area contributed by atoms with Crippen molar-refractivity contribution in [3.05, 3.63) is 12.2 Å². The summed E-state index contributed by atoms with van der Waals surface area (Å²) in [5, 5.41) is 11.6. The highest BCUT2D eigenvalue weighted by molar-refractivity contribution is 5.70. The molecular formula is C39H73NO7. The lowest BCUT2D eigenvalue weighted by molar-refractivity contribution is -0.889. The molecule has 8 nitrogen and oxygen atoms in total. The molecule has 0 aliphatic carbocycles. The van der Waals surface area contributed by atoms with E-state index >= 15 is 0 Å². The zero-order valence-corrected chi connectivity index (χ0v) is 31.2. The van der Waals surface area contributed by atoms with Crippen molar-refractivity contribution in [2.75, 3.05) is 41.0 Å². The molecule has 2 unspecified atom stereocenters. The number of esters is 2. The van der Waals surface area contributed by atoms with Crippen LogP contribution in [0.4, 0.5) is 0 Å². The van der Waals surface area contributed by atoms with Crippen LogP contribution in [0.25, 0.3) is 0 Å². The van der Waals surface area contributed by atoms with Gasteiger partial charge >= 0.3 is 11.9 Å². The summed E-state index contributed by atoms with van der Waals surface area (Å²) in [4.78, 5) is 36.6. The average molecular weight is 668 g/mol. The number of carbonyl (C=O) groups is 3. The van der Waals surface area contributed by atoms with E-state index in [9.17, 15) is 19.5 Å². The molecule has 0 N–H and O–H groups in total. The first kappa shape index (κ1) is 45.1. The van der Waals surface area contributed by atoms with Gasteiger partial charge in [-0.1, -0.05) is 129 Å². The summed E-state index contributed by atoms with van der Waals surface area (Å²) in [6.45, 7) is 4.58. The first-order valence-electron chi connectivity index (χ1n) is 19.2. The second-order valence-corrected chi connectivity index (χ2v) is 14.2. The Labute approximate surface area is 289 Å². The Bertz CT molecular complexity index is 793. The zero-order chi connectivity index (χ0) is 35.0. The van der Waals surface area contributed by atoms with Crippen LogP contribution in [0.15, 0.2) is 12.2 Å². The Morgan fingerprint density at radius 3 is 1.62 bits per heavy atom. The van der Waals surface area contributed by atoms with Crippen molar-refractivity contribution in [1.82, 2.24) is 0 Å². The van der Waals surface area contributed by atoms with Gasteiger partial charge in [-0.25, -0.2) is 0 Å². The topological polar surface area (TPSA) is 102 Å². The van der Waals surface area contributed by atoms with Crippen LogP contribution in [0.1, 0.15) is 168 Å². The van der Waals surface area contributed by atoms with E-state index in [1.807, 2.05) is 0 Å². The molecule has 0 aromatic carbocycles. The number of likely N-dealkylation sites (N-methyl/N-ethyl adjacent to an activating group) is 1. The molecule has 0 saturated heterocycles. The van der Waals surface area contributed by atoms with Crippen molar-refractivity contribution in [2.45, 2.75) is 180 Å². The molecule has 0 bridgehead atoms. The summed E-state index contributed by atoms with van der Waals surface area (Å²) >= 11 is 0. The van der Waals surface area contributed by atoms with E-state index in [2.05, 4.69) is 26.0 Å². The number of rotatable bonds is 34.